The van der Waals surface area contributed by atoms with E-state index in [-0.39, 0.29) is 0 Å². The van der Waals surface area contributed by atoms with Gasteiger partial charge >= 0.3 is 0 Å². The van der Waals surface area contributed by atoms with Crippen LogP contribution in [0.15, 0.2) is 0 Å². The number of rotatable bonds is 1. The Bertz CT molecular complexity index is 117. The summed E-state index contributed by atoms with van der Waals surface area (Å²) in [5.41, 5.74) is 0.778. The fourth-order valence-corrected chi connectivity index (χ4v) is 2.60. The Balaban J connectivity index is 0.000000336. The first kappa shape index (κ1) is 10.0. The van der Waals surface area contributed by atoms with E-state index in [4.69, 9.17) is 0 Å². The molecule has 1 heteroatoms. The second-order valence-electron chi connectivity index (χ2n) is 4.11. The summed E-state index contributed by atoms with van der Waals surface area (Å²) in [6, 6.07) is 0. The molecule has 2 rings (SSSR count). The molecule has 0 aromatic rings. The van der Waals surface area contributed by atoms with Gasteiger partial charge in [0.05, 0.1) is 0 Å². The van der Waals surface area contributed by atoms with Crippen LogP contribution in [0.2, 0.25) is 0 Å². The SMILES string of the molecule is CC.CCC1CC2(CCNC2)C1. The molecule has 72 valence electrons. The lowest BCUT2D eigenvalue weighted by Crippen LogP contribution is -2.38. The van der Waals surface area contributed by atoms with Gasteiger partial charge in [0.15, 0.2) is 0 Å². The van der Waals surface area contributed by atoms with Crippen molar-refractivity contribution in [2.45, 2.75) is 46.5 Å². The zero-order valence-corrected chi connectivity index (χ0v) is 8.82. The summed E-state index contributed by atoms with van der Waals surface area (Å²) in [5, 5.41) is 3.46. The minimum atomic E-state index is 0.778. The zero-order valence-electron chi connectivity index (χ0n) is 8.82. The largest absolute Gasteiger partial charge is 0.316 e. The Morgan fingerprint density at radius 3 is 2.42 bits per heavy atom. The standard InChI is InChI=1S/C9H17N.C2H6/c1-2-8-5-9(6-8)3-4-10-7-9;1-2/h8,10H,2-7H2,1H3;1-2H3. The van der Waals surface area contributed by atoms with Gasteiger partial charge in [0.1, 0.15) is 0 Å². The molecule has 0 amide bonds. The molecule has 0 radical (unpaired) electrons. The number of hydrogen-bond acceptors (Lipinski definition) is 1. The second kappa shape index (κ2) is 4.27. The van der Waals surface area contributed by atoms with Gasteiger partial charge in [-0.15, -0.1) is 0 Å². The van der Waals surface area contributed by atoms with Gasteiger partial charge in [-0.2, -0.15) is 0 Å². The monoisotopic (exact) mass is 169 g/mol. The van der Waals surface area contributed by atoms with Crippen LogP contribution in [0.25, 0.3) is 0 Å². The molecule has 0 unspecified atom stereocenters. The summed E-state index contributed by atoms with van der Waals surface area (Å²) in [7, 11) is 0. The van der Waals surface area contributed by atoms with Crippen LogP contribution in [0.4, 0.5) is 0 Å². The third-order valence-electron chi connectivity index (χ3n) is 3.35. The fraction of sp³-hybridized carbons (Fsp3) is 1.00. The van der Waals surface area contributed by atoms with E-state index in [2.05, 4.69) is 12.2 Å². The molecule has 1 nitrogen and oxygen atoms in total. The van der Waals surface area contributed by atoms with Gasteiger partial charge in [-0.05, 0) is 37.1 Å². The maximum absolute atomic E-state index is 3.46. The highest BCUT2D eigenvalue weighted by Gasteiger charge is 2.44. The molecule has 0 bridgehead atoms. The fourth-order valence-electron chi connectivity index (χ4n) is 2.60. The molecule has 2 aliphatic rings. The highest BCUT2D eigenvalue weighted by molar-refractivity contribution is 4.98. The van der Waals surface area contributed by atoms with Crippen LogP contribution < -0.4 is 5.32 Å². The van der Waals surface area contributed by atoms with Gasteiger partial charge in [-0.25, -0.2) is 0 Å². The van der Waals surface area contributed by atoms with Gasteiger partial charge in [0.2, 0.25) is 0 Å². The third kappa shape index (κ3) is 1.82. The summed E-state index contributed by atoms with van der Waals surface area (Å²) in [5.74, 6) is 1.07. The van der Waals surface area contributed by atoms with Crippen molar-refractivity contribution in [3.8, 4) is 0 Å². The van der Waals surface area contributed by atoms with Crippen LogP contribution in [-0.4, -0.2) is 13.1 Å². The Hall–Kier alpha value is -0.0400. The average molecular weight is 169 g/mol. The van der Waals surface area contributed by atoms with Crippen molar-refractivity contribution in [2.24, 2.45) is 11.3 Å². The predicted molar refractivity (Wildman–Crippen MR) is 54.3 cm³/mol. The Morgan fingerprint density at radius 2 is 2.00 bits per heavy atom. The Kier molecular flexibility index (Phi) is 3.57. The van der Waals surface area contributed by atoms with Crippen molar-refractivity contribution >= 4 is 0 Å². The lowest BCUT2D eigenvalue weighted by atomic mass is 9.61. The first-order valence-electron chi connectivity index (χ1n) is 5.55. The summed E-state index contributed by atoms with van der Waals surface area (Å²) in [6.07, 6.45) is 5.87. The van der Waals surface area contributed by atoms with Gasteiger partial charge in [0, 0.05) is 6.54 Å². The van der Waals surface area contributed by atoms with E-state index in [1.165, 1.54) is 38.8 Å². The first-order valence-corrected chi connectivity index (χ1v) is 5.55. The van der Waals surface area contributed by atoms with E-state index in [1.54, 1.807) is 0 Å². The molecule has 12 heavy (non-hydrogen) atoms. The lowest BCUT2D eigenvalue weighted by Gasteiger charge is -2.44. The smallest absolute Gasteiger partial charge is 0.000849 e. The molecule has 1 spiro atoms. The topological polar surface area (TPSA) is 12.0 Å². The molecule has 2 fully saturated rings. The third-order valence-corrected chi connectivity index (χ3v) is 3.35. The predicted octanol–water partition coefficient (Wildman–Crippen LogP) is 2.81. The summed E-state index contributed by atoms with van der Waals surface area (Å²) < 4.78 is 0. The minimum Gasteiger partial charge on any atom is -0.316 e. The van der Waals surface area contributed by atoms with E-state index in [0.717, 1.165) is 11.3 Å². The minimum absolute atomic E-state index is 0.778. The molecule has 0 aromatic carbocycles. The molecule has 1 saturated heterocycles. The van der Waals surface area contributed by atoms with E-state index in [1.807, 2.05) is 13.8 Å². The molecule has 0 atom stereocenters. The van der Waals surface area contributed by atoms with Crippen LogP contribution in [0, 0.1) is 11.3 Å². The molecule has 1 aliphatic heterocycles. The van der Waals surface area contributed by atoms with Crippen LogP contribution in [-0.2, 0) is 0 Å². The van der Waals surface area contributed by atoms with Crippen molar-refractivity contribution in [3.63, 3.8) is 0 Å². The maximum atomic E-state index is 3.46. The van der Waals surface area contributed by atoms with Crippen LogP contribution in [0.1, 0.15) is 46.5 Å². The molecular weight excluding hydrogens is 146 g/mol. The number of nitrogens with one attached hydrogen (secondary N) is 1. The normalized spacial score (nSPS) is 38.8. The lowest BCUT2D eigenvalue weighted by molar-refractivity contribution is 0.0741. The average Bonchev–Trinajstić information content (AvgIpc) is 2.53. The van der Waals surface area contributed by atoms with Crippen LogP contribution in [0.5, 0.6) is 0 Å². The van der Waals surface area contributed by atoms with E-state index >= 15 is 0 Å². The molecule has 1 saturated carbocycles. The first-order chi connectivity index (χ1) is 5.85. The summed E-state index contributed by atoms with van der Waals surface area (Å²) in [4.78, 5) is 0. The van der Waals surface area contributed by atoms with Crippen molar-refractivity contribution in [1.82, 2.24) is 5.32 Å². The van der Waals surface area contributed by atoms with Gasteiger partial charge in [0.25, 0.3) is 0 Å². The van der Waals surface area contributed by atoms with Crippen molar-refractivity contribution < 1.29 is 0 Å². The quantitative estimate of drug-likeness (QED) is 0.636. The summed E-state index contributed by atoms with van der Waals surface area (Å²) >= 11 is 0. The Labute approximate surface area is 76.9 Å². The van der Waals surface area contributed by atoms with Crippen molar-refractivity contribution in [1.29, 1.82) is 0 Å². The van der Waals surface area contributed by atoms with Crippen molar-refractivity contribution in [3.05, 3.63) is 0 Å². The van der Waals surface area contributed by atoms with E-state index < -0.39 is 0 Å². The Morgan fingerprint density at radius 1 is 1.33 bits per heavy atom. The highest BCUT2D eigenvalue weighted by Crippen LogP contribution is 2.50. The molecule has 1 N–H and O–H groups in total. The van der Waals surface area contributed by atoms with E-state index in [9.17, 15) is 0 Å². The highest BCUT2D eigenvalue weighted by atomic mass is 14.9. The van der Waals surface area contributed by atoms with Crippen LogP contribution >= 0.6 is 0 Å². The van der Waals surface area contributed by atoms with Gasteiger partial charge < -0.3 is 5.32 Å². The number of hydrogen-bond donors (Lipinski definition) is 1. The van der Waals surface area contributed by atoms with E-state index in [0.29, 0.717) is 0 Å². The molecule has 1 heterocycles. The molecular formula is C11H23N. The molecule has 0 aromatic heterocycles. The maximum Gasteiger partial charge on any atom is 0.000849 e. The summed E-state index contributed by atoms with van der Waals surface area (Å²) in [6.45, 7) is 8.90. The van der Waals surface area contributed by atoms with Gasteiger partial charge in [-0.3, -0.25) is 0 Å². The van der Waals surface area contributed by atoms with Crippen LogP contribution in [0.3, 0.4) is 0 Å². The van der Waals surface area contributed by atoms with Crippen molar-refractivity contribution in [2.75, 3.05) is 13.1 Å². The zero-order chi connectivity index (χ0) is 9.03. The second-order valence-corrected chi connectivity index (χ2v) is 4.11. The van der Waals surface area contributed by atoms with Gasteiger partial charge in [-0.1, -0.05) is 27.2 Å². The molecule has 1 aliphatic carbocycles.